The quantitative estimate of drug-likeness (QED) is 0.848. The number of nitrogens with one attached hydrogen (secondary N) is 1. The zero-order valence-corrected chi connectivity index (χ0v) is 10.9. The van der Waals surface area contributed by atoms with E-state index in [1.54, 1.807) is 0 Å². The standard InChI is InChI=1S/C15H20N2O/c1-3-12-8-9-15(18-12)14(10-16)17-13-7-5-4-6-11(13)2/h4-9,14,17H,3,10,16H2,1-2H3. The van der Waals surface area contributed by atoms with Crippen LogP contribution in [0, 0.1) is 6.92 Å². The van der Waals surface area contributed by atoms with Gasteiger partial charge in [-0.15, -0.1) is 0 Å². The van der Waals surface area contributed by atoms with Gasteiger partial charge >= 0.3 is 0 Å². The molecule has 0 saturated carbocycles. The molecule has 1 aromatic heterocycles. The monoisotopic (exact) mass is 244 g/mol. The molecule has 3 heteroatoms. The average molecular weight is 244 g/mol. The number of nitrogens with two attached hydrogens (primary N) is 1. The van der Waals surface area contributed by atoms with E-state index >= 15 is 0 Å². The van der Waals surface area contributed by atoms with Gasteiger partial charge in [-0.05, 0) is 30.7 Å². The number of furan rings is 1. The minimum Gasteiger partial charge on any atom is -0.464 e. The molecule has 0 spiro atoms. The predicted molar refractivity (Wildman–Crippen MR) is 74.7 cm³/mol. The topological polar surface area (TPSA) is 51.2 Å². The van der Waals surface area contributed by atoms with E-state index in [0.717, 1.165) is 23.6 Å². The van der Waals surface area contributed by atoms with Gasteiger partial charge in [0.05, 0.1) is 6.04 Å². The smallest absolute Gasteiger partial charge is 0.127 e. The Hall–Kier alpha value is -1.74. The van der Waals surface area contributed by atoms with Crippen LogP contribution in [0.3, 0.4) is 0 Å². The van der Waals surface area contributed by atoms with E-state index in [1.165, 1.54) is 5.56 Å². The maximum Gasteiger partial charge on any atom is 0.127 e. The van der Waals surface area contributed by atoms with Crippen molar-refractivity contribution in [3.05, 3.63) is 53.5 Å². The lowest BCUT2D eigenvalue weighted by Crippen LogP contribution is -2.20. The zero-order valence-electron chi connectivity index (χ0n) is 10.9. The number of para-hydroxylation sites is 1. The van der Waals surface area contributed by atoms with E-state index in [2.05, 4.69) is 31.3 Å². The van der Waals surface area contributed by atoms with E-state index in [0.29, 0.717) is 6.54 Å². The molecule has 0 saturated heterocycles. The van der Waals surface area contributed by atoms with E-state index in [-0.39, 0.29) is 6.04 Å². The van der Waals surface area contributed by atoms with Crippen molar-refractivity contribution in [1.82, 2.24) is 0 Å². The van der Waals surface area contributed by atoms with Crippen molar-refractivity contribution in [2.24, 2.45) is 5.73 Å². The van der Waals surface area contributed by atoms with Crippen LogP contribution in [-0.4, -0.2) is 6.54 Å². The second-order valence-electron chi connectivity index (χ2n) is 4.41. The molecule has 1 unspecified atom stereocenters. The van der Waals surface area contributed by atoms with Crippen LogP contribution in [0.25, 0.3) is 0 Å². The van der Waals surface area contributed by atoms with E-state index in [1.807, 2.05) is 24.3 Å². The van der Waals surface area contributed by atoms with Gasteiger partial charge in [-0.25, -0.2) is 0 Å². The van der Waals surface area contributed by atoms with Crippen LogP contribution in [0.1, 0.15) is 30.0 Å². The van der Waals surface area contributed by atoms with Crippen LogP contribution in [0.2, 0.25) is 0 Å². The first-order chi connectivity index (χ1) is 8.74. The Bertz CT molecular complexity index is 505. The number of rotatable bonds is 5. The Morgan fingerprint density at radius 2 is 2.00 bits per heavy atom. The fourth-order valence-electron chi connectivity index (χ4n) is 1.94. The molecule has 3 nitrogen and oxygen atoms in total. The van der Waals surface area contributed by atoms with Gasteiger partial charge in [-0.3, -0.25) is 0 Å². The molecule has 0 fully saturated rings. The lowest BCUT2D eigenvalue weighted by Gasteiger charge is -2.17. The summed E-state index contributed by atoms with van der Waals surface area (Å²) in [6.07, 6.45) is 0.904. The zero-order chi connectivity index (χ0) is 13.0. The normalized spacial score (nSPS) is 12.4. The molecule has 0 amide bonds. The fraction of sp³-hybridized carbons (Fsp3) is 0.333. The minimum atomic E-state index is 0.0198. The van der Waals surface area contributed by atoms with E-state index in [9.17, 15) is 0 Å². The van der Waals surface area contributed by atoms with Crippen molar-refractivity contribution < 1.29 is 4.42 Å². The van der Waals surface area contributed by atoms with Crippen molar-refractivity contribution >= 4 is 5.69 Å². The van der Waals surface area contributed by atoms with Gasteiger partial charge in [0, 0.05) is 18.7 Å². The summed E-state index contributed by atoms with van der Waals surface area (Å²) in [4.78, 5) is 0. The highest BCUT2D eigenvalue weighted by Gasteiger charge is 2.14. The third-order valence-corrected chi connectivity index (χ3v) is 3.08. The molecule has 0 bridgehead atoms. The van der Waals surface area contributed by atoms with Crippen LogP contribution in [0.15, 0.2) is 40.8 Å². The van der Waals surface area contributed by atoms with Gasteiger partial charge in [-0.1, -0.05) is 25.1 Å². The lowest BCUT2D eigenvalue weighted by atomic mass is 10.1. The summed E-state index contributed by atoms with van der Waals surface area (Å²) in [5.74, 6) is 1.90. The number of anilines is 1. The van der Waals surface area contributed by atoms with E-state index in [4.69, 9.17) is 10.2 Å². The Balaban J connectivity index is 2.17. The van der Waals surface area contributed by atoms with Gasteiger partial charge in [0.25, 0.3) is 0 Å². The first kappa shape index (κ1) is 12.7. The number of benzene rings is 1. The van der Waals surface area contributed by atoms with Crippen molar-refractivity contribution in [1.29, 1.82) is 0 Å². The third-order valence-electron chi connectivity index (χ3n) is 3.08. The van der Waals surface area contributed by atoms with Crippen LogP contribution >= 0.6 is 0 Å². The molecule has 0 aliphatic carbocycles. The molecule has 1 heterocycles. The number of hydrogen-bond acceptors (Lipinski definition) is 3. The number of aryl methyl sites for hydroxylation is 2. The molecule has 18 heavy (non-hydrogen) atoms. The summed E-state index contributed by atoms with van der Waals surface area (Å²) in [7, 11) is 0. The molecule has 3 N–H and O–H groups in total. The van der Waals surface area contributed by atoms with Crippen molar-refractivity contribution in [2.75, 3.05) is 11.9 Å². The molecule has 0 radical (unpaired) electrons. The van der Waals surface area contributed by atoms with Gasteiger partial charge in [0.2, 0.25) is 0 Å². The van der Waals surface area contributed by atoms with Crippen LogP contribution in [0.5, 0.6) is 0 Å². The molecular formula is C15H20N2O. The fourth-order valence-corrected chi connectivity index (χ4v) is 1.94. The van der Waals surface area contributed by atoms with Gasteiger partial charge in [-0.2, -0.15) is 0 Å². The SMILES string of the molecule is CCc1ccc(C(CN)Nc2ccccc2C)o1. The van der Waals surface area contributed by atoms with Gasteiger partial charge in [0.15, 0.2) is 0 Å². The van der Waals surface area contributed by atoms with Crippen molar-refractivity contribution in [3.63, 3.8) is 0 Å². The van der Waals surface area contributed by atoms with Crippen LogP contribution in [0.4, 0.5) is 5.69 Å². The largest absolute Gasteiger partial charge is 0.464 e. The second kappa shape index (κ2) is 5.74. The van der Waals surface area contributed by atoms with Crippen molar-refractivity contribution in [2.45, 2.75) is 26.3 Å². The maximum absolute atomic E-state index is 5.83. The second-order valence-corrected chi connectivity index (χ2v) is 4.41. The molecule has 96 valence electrons. The van der Waals surface area contributed by atoms with Crippen LogP contribution < -0.4 is 11.1 Å². The molecule has 0 aliphatic heterocycles. The summed E-state index contributed by atoms with van der Waals surface area (Å²) in [6, 6.07) is 12.2. The summed E-state index contributed by atoms with van der Waals surface area (Å²) < 4.78 is 5.76. The van der Waals surface area contributed by atoms with Crippen molar-refractivity contribution in [3.8, 4) is 0 Å². The van der Waals surface area contributed by atoms with E-state index < -0.39 is 0 Å². The average Bonchev–Trinajstić information content (AvgIpc) is 2.86. The first-order valence-electron chi connectivity index (χ1n) is 6.35. The Morgan fingerprint density at radius 1 is 1.22 bits per heavy atom. The highest BCUT2D eigenvalue weighted by Crippen LogP contribution is 2.23. The molecule has 2 rings (SSSR count). The minimum absolute atomic E-state index is 0.0198. The first-order valence-corrected chi connectivity index (χ1v) is 6.35. The Kier molecular flexibility index (Phi) is 4.05. The Labute approximate surface area is 108 Å². The van der Waals surface area contributed by atoms with Crippen LogP contribution in [-0.2, 0) is 6.42 Å². The Morgan fingerprint density at radius 3 is 2.61 bits per heavy atom. The third kappa shape index (κ3) is 2.74. The highest BCUT2D eigenvalue weighted by molar-refractivity contribution is 5.51. The predicted octanol–water partition coefficient (Wildman–Crippen LogP) is 3.26. The molecule has 2 aromatic rings. The molecule has 1 aromatic carbocycles. The van der Waals surface area contributed by atoms with Gasteiger partial charge < -0.3 is 15.5 Å². The summed E-state index contributed by atoms with van der Waals surface area (Å²) >= 11 is 0. The van der Waals surface area contributed by atoms with Gasteiger partial charge in [0.1, 0.15) is 11.5 Å². The lowest BCUT2D eigenvalue weighted by molar-refractivity contribution is 0.448. The maximum atomic E-state index is 5.83. The molecular weight excluding hydrogens is 224 g/mol. The summed E-state index contributed by atoms with van der Waals surface area (Å²) in [6.45, 7) is 4.66. The molecule has 0 aliphatic rings. The number of hydrogen-bond donors (Lipinski definition) is 2. The highest BCUT2D eigenvalue weighted by atomic mass is 16.3. The summed E-state index contributed by atoms with van der Waals surface area (Å²) in [5.41, 5.74) is 8.14. The summed E-state index contributed by atoms with van der Waals surface area (Å²) in [5, 5.41) is 3.43. The molecule has 1 atom stereocenters.